The zero-order valence-electron chi connectivity index (χ0n) is 61.3. The number of guanidine groups is 1. The predicted molar refractivity (Wildman–Crippen MR) is 400 cm³/mol. The van der Waals surface area contributed by atoms with Crippen LogP contribution in [0.25, 0.3) is 16.5 Å². The maximum Gasteiger partial charge on any atom is 0.245 e. The van der Waals surface area contributed by atoms with Crippen molar-refractivity contribution in [1.82, 2.24) is 68.8 Å². The van der Waals surface area contributed by atoms with E-state index in [1.54, 1.807) is 122 Å². The number of aliphatic hydroxyl groups excluding tert-OH is 1. The van der Waals surface area contributed by atoms with Gasteiger partial charge in [-0.2, -0.15) is 0 Å². The largest absolute Gasteiger partial charge is 0.394 e. The van der Waals surface area contributed by atoms with Crippen molar-refractivity contribution in [3.63, 3.8) is 0 Å². The molecule has 580 valence electrons. The van der Waals surface area contributed by atoms with Gasteiger partial charge in [0, 0.05) is 48.7 Å². The minimum Gasteiger partial charge on any atom is -0.394 e. The number of H-pyrrole nitrogens is 1. The number of carbonyl (C=O) groups excluding carboxylic acids is 14. The smallest absolute Gasteiger partial charge is 0.245 e. The number of nitrogens with one attached hydrogen (secondary N) is 13. The number of fused-ring (bicyclic) bond motifs is 2. The fourth-order valence-corrected chi connectivity index (χ4v) is 12.9. The molecule has 33 nitrogen and oxygen atoms in total. The van der Waals surface area contributed by atoms with Gasteiger partial charge < -0.3 is 96.8 Å². The van der Waals surface area contributed by atoms with E-state index in [0.29, 0.717) is 34.0 Å². The lowest BCUT2D eigenvalue weighted by Gasteiger charge is -2.30. The first-order chi connectivity index (χ1) is 50.8. The number of aliphatic hydroxyl groups is 1. The molecule has 2 aliphatic rings. The Hall–Kier alpha value is -10.9. The average molecular weight is 1500 g/mol. The van der Waals surface area contributed by atoms with Crippen LogP contribution in [0.5, 0.6) is 0 Å². The van der Waals surface area contributed by atoms with Gasteiger partial charge >= 0.3 is 0 Å². The molecule has 1 aliphatic heterocycles. The van der Waals surface area contributed by atoms with E-state index < -0.39 is 198 Å². The molecule has 0 bridgehead atoms. The number of thioether (sulfide) groups is 1. The van der Waals surface area contributed by atoms with E-state index in [-0.39, 0.29) is 56.8 Å². The highest BCUT2D eigenvalue weighted by Crippen LogP contribution is 2.31. The number of aliphatic imine (C=N–C) groups is 1. The van der Waals surface area contributed by atoms with Crippen molar-refractivity contribution >= 4 is 117 Å². The molecular formula is C73H102N18O15S. The second-order valence-electron chi connectivity index (χ2n) is 27.6. The number of rotatable bonds is 19. The molecule has 1 fully saturated rings. The van der Waals surface area contributed by atoms with Crippen molar-refractivity contribution in [2.75, 3.05) is 31.2 Å². The number of allylic oxidation sites excluding steroid dienone is 1. The van der Waals surface area contributed by atoms with Crippen LogP contribution in [0.15, 0.2) is 96.1 Å². The van der Waals surface area contributed by atoms with Crippen molar-refractivity contribution in [3.8, 4) is 0 Å². The molecule has 14 amide bonds. The lowest BCUT2D eigenvalue weighted by atomic mass is 9.96. The summed E-state index contributed by atoms with van der Waals surface area (Å²) in [5.41, 5.74) is 26.8. The standard InChI is InChI=1S/C73H102N18O15S/c1-9-40(8)61-72(106)86-53(34-92)63(97)80-33-56(94)81-48(24-17-27-78-73(76)77)64(98)84-52(31-55(74)93)65(99)83-50(29-43-26-25-42-20-13-14-21-45(42)43)67(101)89-60(39(6)7)71(105)90-59(38(4)5)69(103)85-51(30-44-32-79-47-23-16-15-22-46(44)47)68(102)88-58(37(2)3)70(104)87-54(62(75)96)35-107-36-57(95)82-49(66(100)91-61)28-41-18-11-10-12-19-41/h10-16,18-23,26,32,37-40,48-54,58-61,79,92H,9,17,24-25,27-31,33-36H2,1-8H3,(H2,74,93)(H2,75,96)(H,80,97)(H,81,94)(H,82,95)(H,83,99)(H,84,98)(H,85,103)(H,86,106)(H,87,104)(H,88,102)(H,89,101)(H,90,105)(H,91,100)(H4,76,77,78)/t40-,48-,49-,50-,51-,52-,53-,54-,58-,59-,60-,61-/m0/s1. The van der Waals surface area contributed by atoms with Gasteiger partial charge in [-0.25, -0.2) is 0 Å². The summed E-state index contributed by atoms with van der Waals surface area (Å²) >= 11 is 0.869. The highest BCUT2D eigenvalue weighted by Gasteiger charge is 2.39. The topological polar surface area (TPSA) is 536 Å². The molecule has 2 heterocycles. The van der Waals surface area contributed by atoms with Gasteiger partial charge in [0.25, 0.3) is 0 Å². The number of aromatic amines is 1. The zero-order valence-corrected chi connectivity index (χ0v) is 62.2. The predicted octanol–water partition coefficient (Wildman–Crippen LogP) is -2.40. The Balaban J connectivity index is 1.39. The van der Waals surface area contributed by atoms with Crippen LogP contribution in [0.1, 0.15) is 110 Å². The SMILES string of the molecule is CC[C@H](C)[C@@H]1NC(=O)[C@H](Cc2ccccc2)NC(=O)CSC[C@@H](C(N)=O)NC(=O)[C@H](C(C)C)NC(=O)[C@H](Cc2c[nH]c3ccccc23)NC(=O)[C@H](C(C)C)NC(=O)[C@H](C(C)C)NC(=O)[C@H](CC2=CCc3ccccc32)NC(=O)[C@H](CC(N)=O)NC(=O)[C@H](CCCN=C(N)N)NC(=O)CNC(=O)[C@H](CO)NC1=O. The van der Waals surface area contributed by atoms with Crippen molar-refractivity contribution in [1.29, 1.82) is 0 Å². The third-order valence-electron chi connectivity index (χ3n) is 18.2. The van der Waals surface area contributed by atoms with Crippen LogP contribution in [0.3, 0.4) is 0 Å². The minimum absolute atomic E-state index is 0.0223. The molecule has 12 atom stereocenters. The maximum absolute atomic E-state index is 15.0. The lowest BCUT2D eigenvalue weighted by molar-refractivity contribution is -0.137. The molecule has 1 saturated heterocycles. The first-order valence-corrected chi connectivity index (χ1v) is 36.7. The van der Waals surface area contributed by atoms with Gasteiger partial charge in [-0.05, 0) is 76.8 Å². The summed E-state index contributed by atoms with van der Waals surface area (Å²) in [6.45, 7) is 11.1. The van der Waals surface area contributed by atoms with Crippen molar-refractivity contribution in [2.45, 2.75) is 173 Å². The Morgan fingerprint density at radius 3 is 1.64 bits per heavy atom. The Bertz CT molecular complexity index is 3920. The van der Waals surface area contributed by atoms with E-state index in [1.165, 1.54) is 0 Å². The summed E-state index contributed by atoms with van der Waals surface area (Å²) in [6.07, 6.45) is 2.71. The molecule has 1 aromatic heterocycles. The van der Waals surface area contributed by atoms with E-state index in [4.69, 9.17) is 22.9 Å². The molecule has 107 heavy (non-hydrogen) atoms. The number of hydrogen-bond donors (Lipinski definition) is 18. The first-order valence-electron chi connectivity index (χ1n) is 35.6. The summed E-state index contributed by atoms with van der Waals surface area (Å²) in [6, 6.07) is 6.46. The normalized spacial score (nSPS) is 24.1. The molecule has 4 aromatic rings. The number of amides is 14. The van der Waals surface area contributed by atoms with Gasteiger partial charge in [-0.1, -0.05) is 141 Å². The highest BCUT2D eigenvalue weighted by atomic mass is 32.2. The Kier molecular flexibility index (Phi) is 32.7. The van der Waals surface area contributed by atoms with Crippen LogP contribution in [-0.4, -0.2) is 196 Å². The van der Waals surface area contributed by atoms with Gasteiger partial charge in [0.15, 0.2) is 5.96 Å². The van der Waals surface area contributed by atoms with Crippen molar-refractivity contribution < 1.29 is 72.2 Å². The van der Waals surface area contributed by atoms with Gasteiger partial charge in [-0.15, -0.1) is 11.8 Å². The fraction of sp³-hybridized carbons (Fsp3) is 0.493. The van der Waals surface area contributed by atoms with E-state index in [9.17, 15) is 72.2 Å². The summed E-state index contributed by atoms with van der Waals surface area (Å²) in [5.74, 6) is -16.9. The van der Waals surface area contributed by atoms with Crippen molar-refractivity contribution in [2.24, 2.45) is 51.6 Å². The van der Waals surface area contributed by atoms with Gasteiger partial charge in [-0.3, -0.25) is 72.1 Å². The van der Waals surface area contributed by atoms with Crippen LogP contribution < -0.4 is 86.7 Å². The number of para-hydroxylation sites is 1. The van der Waals surface area contributed by atoms with Crippen LogP contribution in [-0.2, 0) is 86.4 Å². The van der Waals surface area contributed by atoms with Crippen molar-refractivity contribution in [3.05, 3.63) is 113 Å². The Morgan fingerprint density at radius 1 is 0.533 bits per heavy atom. The van der Waals surface area contributed by atoms with Gasteiger partial charge in [0.1, 0.15) is 66.5 Å². The van der Waals surface area contributed by atoms with E-state index in [2.05, 4.69) is 73.8 Å². The fourth-order valence-electron chi connectivity index (χ4n) is 12.0. The third-order valence-corrected chi connectivity index (χ3v) is 19.3. The molecule has 1 aliphatic carbocycles. The first kappa shape index (κ1) is 85.0. The third kappa shape index (κ3) is 25.7. The molecule has 0 saturated carbocycles. The minimum atomic E-state index is -1.84. The Labute approximate surface area is 624 Å². The monoisotopic (exact) mass is 1500 g/mol. The van der Waals surface area contributed by atoms with Crippen LogP contribution in [0, 0.1) is 23.7 Å². The number of hydrogen-bond acceptors (Lipinski definition) is 17. The summed E-state index contributed by atoms with van der Waals surface area (Å²) in [7, 11) is 0. The number of primary amides is 2. The molecule has 34 heteroatoms. The number of nitrogens with two attached hydrogens (primary N) is 4. The Morgan fingerprint density at radius 2 is 1.04 bits per heavy atom. The summed E-state index contributed by atoms with van der Waals surface area (Å²) in [5, 5.41) is 42.4. The van der Waals surface area contributed by atoms with Crippen LogP contribution in [0.4, 0.5) is 0 Å². The van der Waals surface area contributed by atoms with Gasteiger partial charge in [0.2, 0.25) is 82.7 Å². The molecule has 0 spiro atoms. The molecule has 6 rings (SSSR count). The van der Waals surface area contributed by atoms with Crippen LogP contribution in [0.2, 0.25) is 0 Å². The molecule has 0 radical (unpaired) electrons. The number of benzene rings is 3. The quantitative estimate of drug-likeness (QED) is 0.0264. The lowest BCUT2D eigenvalue weighted by Crippen LogP contribution is -2.62. The summed E-state index contributed by atoms with van der Waals surface area (Å²) < 4.78 is 0. The second-order valence-corrected chi connectivity index (χ2v) is 28.6. The number of carbonyl (C=O) groups is 14. The molecular weight excluding hydrogens is 1400 g/mol. The van der Waals surface area contributed by atoms with E-state index in [0.717, 1.165) is 22.9 Å². The van der Waals surface area contributed by atoms with E-state index >= 15 is 0 Å². The second kappa shape index (κ2) is 41.1. The molecule has 0 unspecified atom stereocenters. The van der Waals surface area contributed by atoms with Crippen LogP contribution >= 0.6 is 11.8 Å². The number of aromatic nitrogens is 1. The summed E-state index contributed by atoms with van der Waals surface area (Å²) in [4.78, 5) is 206. The van der Waals surface area contributed by atoms with E-state index in [1.807, 2.05) is 24.3 Å². The molecule has 3 aromatic carbocycles. The average Bonchev–Trinajstić information content (AvgIpc) is 1.73. The van der Waals surface area contributed by atoms with Gasteiger partial charge in [0.05, 0.1) is 25.3 Å². The number of nitrogens with zero attached hydrogens (tertiary/aromatic N) is 1. The maximum atomic E-state index is 15.0. The zero-order chi connectivity index (χ0) is 78.8. The molecule has 22 N–H and O–H groups in total. The highest BCUT2D eigenvalue weighted by molar-refractivity contribution is 8.00.